The fraction of sp³-hybridized carbons (Fsp3) is 0.615. The van der Waals surface area contributed by atoms with Crippen LogP contribution in [0.15, 0.2) is 18.5 Å². The number of pyridine rings is 1. The molecule has 1 aliphatic heterocycles. The largest absolute Gasteiger partial charge is 0.380 e. The van der Waals surface area contributed by atoms with Crippen molar-refractivity contribution < 1.29 is 0 Å². The second kappa shape index (κ2) is 5.69. The minimum atomic E-state index is 0.430. The normalized spacial score (nSPS) is 23.4. The van der Waals surface area contributed by atoms with Gasteiger partial charge in [-0.25, -0.2) is 0 Å². The second-order valence-electron chi connectivity index (χ2n) is 4.95. The Morgan fingerprint density at radius 1 is 1.59 bits per heavy atom. The molecule has 17 heavy (non-hydrogen) atoms. The molecule has 1 saturated heterocycles. The van der Waals surface area contributed by atoms with Crippen LogP contribution in [0.1, 0.15) is 19.8 Å². The smallest absolute Gasteiger partial charge is 0.0718 e. The molecule has 0 amide bonds. The Kier molecular flexibility index (Phi) is 4.24. The van der Waals surface area contributed by atoms with Crippen LogP contribution in [0.5, 0.6) is 0 Å². The first-order chi connectivity index (χ1) is 8.16. The van der Waals surface area contributed by atoms with E-state index < -0.39 is 0 Å². The van der Waals surface area contributed by atoms with Gasteiger partial charge in [0.05, 0.1) is 16.9 Å². The van der Waals surface area contributed by atoms with E-state index in [1.165, 1.54) is 19.4 Å². The number of hydrogen-bond acceptors (Lipinski definition) is 3. The van der Waals surface area contributed by atoms with Crippen LogP contribution in [-0.2, 0) is 0 Å². The van der Waals surface area contributed by atoms with E-state index in [9.17, 15) is 0 Å². The van der Waals surface area contributed by atoms with E-state index in [1.54, 1.807) is 12.4 Å². The summed E-state index contributed by atoms with van der Waals surface area (Å²) in [7, 11) is 2.19. The van der Waals surface area contributed by atoms with Crippen molar-refractivity contribution >= 4 is 17.3 Å². The summed E-state index contributed by atoms with van der Waals surface area (Å²) >= 11 is 6.12. The lowest BCUT2D eigenvalue weighted by Gasteiger charge is -2.34. The quantitative estimate of drug-likeness (QED) is 0.898. The molecule has 0 aliphatic carbocycles. The molecular formula is C13H20ClN3. The Bertz CT molecular complexity index is 369. The zero-order chi connectivity index (χ0) is 12.3. The molecule has 2 heterocycles. The third-order valence-corrected chi connectivity index (χ3v) is 3.85. The lowest BCUT2D eigenvalue weighted by Crippen LogP contribution is -2.39. The van der Waals surface area contributed by atoms with Crippen molar-refractivity contribution in [1.82, 2.24) is 9.88 Å². The van der Waals surface area contributed by atoms with E-state index in [4.69, 9.17) is 11.6 Å². The molecule has 94 valence electrons. The number of halogens is 1. The highest BCUT2D eigenvalue weighted by atomic mass is 35.5. The Hall–Kier alpha value is -0.800. The zero-order valence-electron chi connectivity index (χ0n) is 10.5. The number of aromatic nitrogens is 1. The summed E-state index contributed by atoms with van der Waals surface area (Å²) < 4.78 is 0. The van der Waals surface area contributed by atoms with E-state index >= 15 is 0 Å². The third kappa shape index (κ3) is 3.33. The van der Waals surface area contributed by atoms with Crippen molar-refractivity contribution in [3.63, 3.8) is 0 Å². The number of anilines is 1. The molecule has 0 bridgehead atoms. The summed E-state index contributed by atoms with van der Waals surface area (Å²) in [5.74, 6) is 0.685. The van der Waals surface area contributed by atoms with E-state index in [1.807, 2.05) is 6.07 Å². The number of rotatable bonds is 3. The molecule has 2 atom stereocenters. The maximum Gasteiger partial charge on any atom is 0.0718 e. The number of piperidine rings is 1. The van der Waals surface area contributed by atoms with Crippen molar-refractivity contribution in [3.8, 4) is 0 Å². The molecule has 0 saturated carbocycles. The topological polar surface area (TPSA) is 28.2 Å². The van der Waals surface area contributed by atoms with Gasteiger partial charge in [0.2, 0.25) is 0 Å². The molecule has 2 rings (SSSR count). The molecule has 0 radical (unpaired) electrons. The van der Waals surface area contributed by atoms with Gasteiger partial charge in [0.25, 0.3) is 0 Å². The first kappa shape index (κ1) is 12.7. The van der Waals surface area contributed by atoms with Crippen LogP contribution < -0.4 is 5.32 Å². The molecule has 1 aromatic rings. The van der Waals surface area contributed by atoms with Crippen molar-refractivity contribution in [1.29, 1.82) is 0 Å². The monoisotopic (exact) mass is 253 g/mol. The highest BCUT2D eigenvalue weighted by molar-refractivity contribution is 6.33. The van der Waals surface area contributed by atoms with Gasteiger partial charge in [-0.1, -0.05) is 11.6 Å². The average Bonchev–Trinajstić information content (AvgIpc) is 2.32. The van der Waals surface area contributed by atoms with Crippen LogP contribution in [-0.4, -0.2) is 36.1 Å². The van der Waals surface area contributed by atoms with Crippen molar-refractivity contribution in [2.45, 2.75) is 25.8 Å². The fourth-order valence-electron chi connectivity index (χ4n) is 2.46. The molecule has 4 heteroatoms. The summed E-state index contributed by atoms with van der Waals surface area (Å²) in [6.07, 6.45) is 6.09. The number of hydrogen-bond donors (Lipinski definition) is 1. The minimum absolute atomic E-state index is 0.430. The van der Waals surface area contributed by atoms with Gasteiger partial charge in [-0.2, -0.15) is 0 Å². The lowest BCUT2D eigenvalue weighted by atomic mass is 9.92. The Balaban J connectivity index is 1.96. The molecule has 0 aromatic carbocycles. The summed E-state index contributed by atoms with van der Waals surface area (Å²) in [6.45, 7) is 4.61. The van der Waals surface area contributed by atoms with Crippen LogP contribution in [0, 0.1) is 5.92 Å². The van der Waals surface area contributed by atoms with Gasteiger partial charge in [0, 0.05) is 18.8 Å². The lowest BCUT2D eigenvalue weighted by molar-refractivity contribution is 0.197. The summed E-state index contributed by atoms with van der Waals surface area (Å²) in [6, 6.07) is 2.25. The highest BCUT2D eigenvalue weighted by Gasteiger charge is 2.22. The van der Waals surface area contributed by atoms with E-state index in [0.717, 1.165) is 17.3 Å². The molecule has 0 spiro atoms. The van der Waals surface area contributed by atoms with Crippen molar-refractivity contribution in [2.75, 3.05) is 25.5 Å². The molecule has 1 aliphatic rings. The van der Waals surface area contributed by atoms with Crippen LogP contribution in [0.4, 0.5) is 5.69 Å². The Labute approximate surface area is 108 Å². The number of nitrogens with one attached hydrogen (secondary N) is 1. The molecule has 1 fully saturated rings. The van der Waals surface area contributed by atoms with Gasteiger partial charge in [0.1, 0.15) is 0 Å². The number of likely N-dealkylation sites (tertiary alicyclic amines) is 1. The maximum absolute atomic E-state index is 6.12. The second-order valence-corrected chi connectivity index (χ2v) is 5.36. The van der Waals surface area contributed by atoms with Gasteiger partial charge in [-0.15, -0.1) is 0 Å². The first-order valence-electron chi connectivity index (χ1n) is 6.21. The predicted molar refractivity (Wildman–Crippen MR) is 72.6 cm³/mol. The highest BCUT2D eigenvalue weighted by Crippen LogP contribution is 2.25. The summed E-state index contributed by atoms with van der Waals surface area (Å²) in [4.78, 5) is 6.50. The zero-order valence-corrected chi connectivity index (χ0v) is 11.2. The third-order valence-electron chi connectivity index (χ3n) is 3.52. The van der Waals surface area contributed by atoms with Gasteiger partial charge in [-0.3, -0.25) is 4.98 Å². The van der Waals surface area contributed by atoms with Crippen LogP contribution in [0.2, 0.25) is 5.02 Å². The van der Waals surface area contributed by atoms with Crippen LogP contribution in [0.3, 0.4) is 0 Å². The molecule has 3 nitrogen and oxygen atoms in total. The van der Waals surface area contributed by atoms with Gasteiger partial charge < -0.3 is 10.2 Å². The Morgan fingerprint density at radius 2 is 2.41 bits per heavy atom. The van der Waals surface area contributed by atoms with E-state index in [2.05, 4.69) is 29.2 Å². The summed E-state index contributed by atoms with van der Waals surface area (Å²) in [5.41, 5.74) is 0.940. The van der Waals surface area contributed by atoms with Crippen molar-refractivity contribution in [3.05, 3.63) is 23.5 Å². The van der Waals surface area contributed by atoms with Gasteiger partial charge >= 0.3 is 0 Å². The molecular weight excluding hydrogens is 234 g/mol. The summed E-state index contributed by atoms with van der Waals surface area (Å²) in [5, 5.41) is 4.23. The fourth-order valence-corrected chi connectivity index (χ4v) is 2.62. The molecule has 1 aromatic heterocycles. The van der Waals surface area contributed by atoms with Gasteiger partial charge in [-0.05, 0) is 45.3 Å². The Morgan fingerprint density at radius 3 is 3.12 bits per heavy atom. The minimum Gasteiger partial charge on any atom is -0.380 e. The van der Waals surface area contributed by atoms with Crippen LogP contribution in [0.25, 0.3) is 0 Å². The van der Waals surface area contributed by atoms with E-state index in [0.29, 0.717) is 12.0 Å². The SMILES string of the molecule is CC(Nc1cnccc1Cl)C1CCCN(C)C1. The molecule has 2 unspecified atom stereocenters. The standard InChI is InChI=1S/C13H20ClN3/c1-10(11-4-3-7-17(2)9-11)16-13-8-15-6-5-12(13)14/h5-6,8,10-11,16H,3-4,7,9H2,1-2H3. The van der Waals surface area contributed by atoms with Crippen LogP contribution >= 0.6 is 11.6 Å². The van der Waals surface area contributed by atoms with Gasteiger partial charge in [0.15, 0.2) is 0 Å². The maximum atomic E-state index is 6.12. The predicted octanol–water partition coefficient (Wildman–Crippen LogP) is 2.88. The van der Waals surface area contributed by atoms with Crippen molar-refractivity contribution in [2.24, 2.45) is 5.92 Å². The number of nitrogens with zero attached hydrogens (tertiary/aromatic N) is 2. The van der Waals surface area contributed by atoms with E-state index in [-0.39, 0.29) is 0 Å². The average molecular weight is 254 g/mol. The first-order valence-corrected chi connectivity index (χ1v) is 6.59. The molecule has 1 N–H and O–H groups in total.